The summed E-state index contributed by atoms with van der Waals surface area (Å²) in [6.07, 6.45) is 1.10. The van der Waals surface area contributed by atoms with Gasteiger partial charge < -0.3 is 15.0 Å². The lowest BCUT2D eigenvalue weighted by atomic mass is 9.90. The molecule has 2 N–H and O–H groups in total. The van der Waals surface area contributed by atoms with Crippen LogP contribution in [0.4, 0.5) is 0 Å². The van der Waals surface area contributed by atoms with Crippen LogP contribution in [0.2, 0.25) is 0 Å². The molecular formula is C22H28N2O. The minimum atomic E-state index is 0.181. The van der Waals surface area contributed by atoms with E-state index < -0.39 is 0 Å². The molecule has 132 valence electrons. The van der Waals surface area contributed by atoms with E-state index in [2.05, 4.69) is 74.9 Å². The number of para-hydroxylation sites is 1. The highest BCUT2D eigenvalue weighted by molar-refractivity contribution is 5.86. The van der Waals surface area contributed by atoms with Crippen molar-refractivity contribution in [1.29, 1.82) is 0 Å². The number of benzene rings is 2. The largest absolute Gasteiger partial charge is 0.491 e. The molecule has 0 spiro atoms. The Morgan fingerprint density at radius 2 is 1.84 bits per heavy atom. The van der Waals surface area contributed by atoms with Crippen molar-refractivity contribution in [2.75, 3.05) is 6.54 Å². The maximum atomic E-state index is 6.20. The molecule has 3 rings (SSSR count). The van der Waals surface area contributed by atoms with Crippen LogP contribution in [0.3, 0.4) is 0 Å². The second-order valence-corrected chi connectivity index (χ2v) is 7.03. The van der Waals surface area contributed by atoms with E-state index >= 15 is 0 Å². The quantitative estimate of drug-likeness (QED) is 0.717. The van der Waals surface area contributed by atoms with Crippen LogP contribution >= 0.6 is 0 Å². The van der Waals surface area contributed by atoms with Gasteiger partial charge in [0.15, 0.2) is 0 Å². The fourth-order valence-corrected chi connectivity index (χ4v) is 3.67. The number of hydrogen-bond acceptors (Lipinski definition) is 2. The van der Waals surface area contributed by atoms with Gasteiger partial charge >= 0.3 is 0 Å². The van der Waals surface area contributed by atoms with Gasteiger partial charge in [-0.3, -0.25) is 0 Å². The minimum absolute atomic E-state index is 0.181. The molecular weight excluding hydrogens is 308 g/mol. The molecule has 1 atom stereocenters. The zero-order chi connectivity index (χ0) is 18.0. The first-order valence-corrected chi connectivity index (χ1v) is 9.00. The lowest BCUT2D eigenvalue weighted by Crippen LogP contribution is -2.16. The van der Waals surface area contributed by atoms with E-state index in [1.807, 2.05) is 6.07 Å². The number of nitrogens with two attached hydrogens (primary N) is 1. The van der Waals surface area contributed by atoms with Crippen LogP contribution < -0.4 is 10.5 Å². The van der Waals surface area contributed by atoms with Crippen LogP contribution in [0.15, 0.2) is 48.5 Å². The first-order chi connectivity index (χ1) is 12.0. The van der Waals surface area contributed by atoms with E-state index in [-0.39, 0.29) is 6.10 Å². The van der Waals surface area contributed by atoms with Crippen molar-refractivity contribution >= 4 is 10.9 Å². The highest BCUT2D eigenvalue weighted by Gasteiger charge is 2.20. The second kappa shape index (κ2) is 7.32. The van der Waals surface area contributed by atoms with E-state index in [1.54, 1.807) is 0 Å². The van der Waals surface area contributed by atoms with Gasteiger partial charge in [0.25, 0.3) is 0 Å². The first kappa shape index (κ1) is 17.6. The topological polar surface area (TPSA) is 40.2 Å². The van der Waals surface area contributed by atoms with E-state index in [0.717, 1.165) is 12.2 Å². The van der Waals surface area contributed by atoms with Crippen molar-refractivity contribution < 1.29 is 4.74 Å². The van der Waals surface area contributed by atoms with Gasteiger partial charge in [-0.05, 0) is 63.1 Å². The van der Waals surface area contributed by atoms with Gasteiger partial charge in [0.2, 0.25) is 0 Å². The summed E-state index contributed by atoms with van der Waals surface area (Å²) in [5.74, 6) is 1.22. The van der Waals surface area contributed by atoms with E-state index in [4.69, 9.17) is 10.5 Å². The van der Waals surface area contributed by atoms with Crippen molar-refractivity contribution in [1.82, 2.24) is 4.57 Å². The average Bonchev–Trinajstić information content (AvgIpc) is 2.84. The van der Waals surface area contributed by atoms with Crippen LogP contribution in [-0.2, 0) is 13.5 Å². The maximum Gasteiger partial charge on any atom is 0.119 e. The number of aromatic nitrogens is 1. The Balaban J connectivity index is 1.95. The van der Waals surface area contributed by atoms with Crippen molar-refractivity contribution in [3.63, 3.8) is 0 Å². The fourth-order valence-electron chi connectivity index (χ4n) is 3.67. The van der Waals surface area contributed by atoms with Crippen LogP contribution in [0, 0.1) is 6.92 Å². The maximum absolute atomic E-state index is 6.20. The predicted molar refractivity (Wildman–Crippen MR) is 105 cm³/mol. The number of rotatable bonds is 6. The zero-order valence-corrected chi connectivity index (χ0v) is 15.6. The monoisotopic (exact) mass is 336 g/mol. The smallest absolute Gasteiger partial charge is 0.119 e. The molecule has 1 heterocycles. The third-order valence-corrected chi connectivity index (χ3v) is 4.89. The normalized spacial score (nSPS) is 12.7. The van der Waals surface area contributed by atoms with Crippen molar-refractivity contribution in [3.8, 4) is 5.75 Å². The average molecular weight is 336 g/mol. The molecule has 0 radical (unpaired) electrons. The van der Waals surface area contributed by atoms with Crippen molar-refractivity contribution in [2.45, 2.75) is 39.2 Å². The van der Waals surface area contributed by atoms with Crippen LogP contribution in [0.5, 0.6) is 5.75 Å². The number of aryl methyl sites for hydroxylation is 1. The second-order valence-electron chi connectivity index (χ2n) is 7.03. The summed E-state index contributed by atoms with van der Waals surface area (Å²) < 4.78 is 8.11. The van der Waals surface area contributed by atoms with Gasteiger partial charge in [0.05, 0.1) is 6.10 Å². The zero-order valence-electron chi connectivity index (χ0n) is 15.6. The summed E-state index contributed by atoms with van der Waals surface area (Å²) in [7, 11) is 2.13. The van der Waals surface area contributed by atoms with Gasteiger partial charge in [-0.1, -0.05) is 30.3 Å². The molecule has 3 aromatic rings. The summed E-state index contributed by atoms with van der Waals surface area (Å²) in [5.41, 5.74) is 11.4. The Bertz CT molecular complexity index is 864. The SMILES string of the molecule is Cc1c(C(CN)Cc2cccc(OC(C)C)c2)c2ccccc2n1C. The van der Waals surface area contributed by atoms with Gasteiger partial charge in [-0.2, -0.15) is 0 Å². The van der Waals surface area contributed by atoms with Crippen LogP contribution in [-0.4, -0.2) is 17.2 Å². The minimum Gasteiger partial charge on any atom is -0.491 e. The lowest BCUT2D eigenvalue weighted by Gasteiger charge is -2.17. The molecule has 1 unspecified atom stereocenters. The molecule has 3 nitrogen and oxygen atoms in total. The Morgan fingerprint density at radius 1 is 1.08 bits per heavy atom. The van der Waals surface area contributed by atoms with Gasteiger partial charge in [0, 0.05) is 29.6 Å². The molecule has 0 amide bonds. The predicted octanol–water partition coefficient (Wildman–Crippen LogP) is 4.56. The molecule has 2 aromatic carbocycles. The molecule has 0 saturated carbocycles. The number of nitrogens with zero attached hydrogens (tertiary/aromatic N) is 1. The number of ether oxygens (including phenoxy) is 1. The van der Waals surface area contributed by atoms with Crippen molar-refractivity contribution in [2.24, 2.45) is 12.8 Å². The van der Waals surface area contributed by atoms with Crippen LogP contribution in [0.1, 0.15) is 36.6 Å². The van der Waals surface area contributed by atoms with Gasteiger partial charge in [0.1, 0.15) is 5.75 Å². The third-order valence-electron chi connectivity index (χ3n) is 4.89. The Morgan fingerprint density at radius 3 is 2.56 bits per heavy atom. The van der Waals surface area contributed by atoms with E-state index in [9.17, 15) is 0 Å². The Kier molecular flexibility index (Phi) is 5.14. The standard InChI is InChI=1S/C22H28N2O/c1-15(2)25-19-9-7-8-17(13-19)12-18(14-23)22-16(3)24(4)21-11-6-5-10-20(21)22/h5-11,13,15,18H,12,14,23H2,1-4H3. The highest BCUT2D eigenvalue weighted by Crippen LogP contribution is 2.33. The molecule has 0 saturated heterocycles. The summed E-state index contributed by atoms with van der Waals surface area (Å²) in [4.78, 5) is 0. The summed E-state index contributed by atoms with van der Waals surface area (Å²) in [5, 5.41) is 1.31. The summed E-state index contributed by atoms with van der Waals surface area (Å²) in [6.45, 7) is 6.92. The number of hydrogen-bond donors (Lipinski definition) is 1. The first-order valence-electron chi connectivity index (χ1n) is 9.00. The lowest BCUT2D eigenvalue weighted by molar-refractivity contribution is 0.242. The molecule has 3 heteroatoms. The molecule has 0 aliphatic rings. The summed E-state index contributed by atoms with van der Waals surface area (Å²) in [6, 6.07) is 17.0. The molecule has 0 aliphatic heterocycles. The molecule has 0 aliphatic carbocycles. The Hall–Kier alpha value is -2.26. The molecule has 25 heavy (non-hydrogen) atoms. The fraction of sp³-hybridized carbons (Fsp3) is 0.364. The number of fused-ring (bicyclic) bond motifs is 1. The molecule has 0 fully saturated rings. The van der Waals surface area contributed by atoms with E-state index in [0.29, 0.717) is 12.5 Å². The van der Waals surface area contributed by atoms with Gasteiger partial charge in [-0.15, -0.1) is 0 Å². The molecule has 0 bridgehead atoms. The third kappa shape index (κ3) is 3.57. The Labute approximate surface area is 150 Å². The van der Waals surface area contributed by atoms with E-state index in [1.165, 1.54) is 27.7 Å². The van der Waals surface area contributed by atoms with Crippen LogP contribution in [0.25, 0.3) is 10.9 Å². The molecule has 1 aromatic heterocycles. The van der Waals surface area contributed by atoms with Crippen molar-refractivity contribution in [3.05, 3.63) is 65.4 Å². The highest BCUT2D eigenvalue weighted by atomic mass is 16.5. The van der Waals surface area contributed by atoms with Gasteiger partial charge in [-0.25, -0.2) is 0 Å². The summed E-state index contributed by atoms with van der Waals surface area (Å²) >= 11 is 0.